The summed E-state index contributed by atoms with van der Waals surface area (Å²) in [5, 5.41) is 0.433. The molecule has 5 aromatic rings. The van der Waals surface area contributed by atoms with Crippen LogP contribution in [-0.2, 0) is 6.61 Å². The molecule has 0 fully saturated rings. The van der Waals surface area contributed by atoms with Gasteiger partial charge in [-0.15, -0.1) is 0 Å². The summed E-state index contributed by atoms with van der Waals surface area (Å²) in [6.07, 6.45) is 0. The number of carbonyl (C=O) groups is 1. The lowest BCUT2D eigenvalue weighted by Crippen LogP contribution is -2.29. The molecule has 0 N–H and O–H groups in total. The van der Waals surface area contributed by atoms with Crippen LogP contribution in [0.4, 0.5) is 5.69 Å². The maximum atomic E-state index is 13.9. The van der Waals surface area contributed by atoms with Gasteiger partial charge in [0, 0.05) is 5.69 Å². The minimum Gasteiger partial charge on any atom is -0.497 e. The van der Waals surface area contributed by atoms with Crippen LogP contribution in [0, 0.1) is 6.92 Å². The monoisotopic (exact) mass is 533 g/mol. The van der Waals surface area contributed by atoms with Crippen molar-refractivity contribution in [2.45, 2.75) is 19.6 Å². The van der Waals surface area contributed by atoms with E-state index in [-0.39, 0.29) is 11.2 Å². The third-order valence-electron chi connectivity index (χ3n) is 7.12. The van der Waals surface area contributed by atoms with Gasteiger partial charge >= 0.3 is 0 Å². The number of hydrogen-bond acceptors (Lipinski definition) is 6. The molecule has 1 unspecified atom stereocenters. The topological polar surface area (TPSA) is 78.2 Å². The molecule has 0 radical (unpaired) electrons. The number of ether oxygens (including phenoxy) is 3. The van der Waals surface area contributed by atoms with E-state index >= 15 is 0 Å². The van der Waals surface area contributed by atoms with Gasteiger partial charge in [-0.1, -0.05) is 48.0 Å². The number of benzene rings is 4. The van der Waals surface area contributed by atoms with Crippen molar-refractivity contribution in [3.8, 4) is 17.2 Å². The molecule has 0 bridgehead atoms. The summed E-state index contributed by atoms with van der Waals surface area (Å²) in [6, 6.07) is 27.1. The Kier molecular flexibility index (Phi) is 6.48. The average molecular weight is 534 g/mol. The summed E-state index contributed by atoms with van der Waals surface area (Å²) < 4.78 is 23.2. The Morgan fingerprint density at radius 1 is 0.825 bits per heavy atom. The van der Waals surface area contributed by atoms with E-state index in [1.807, 2.05) is 55.5 Å². The minimum absolute atomic E-state index is 0.0329. The second kappa shape index (κ2) is 10.3. The highest BCUT2D eigenvalue weighted by Crippen LogP contribution is 2.43. The van der Waals surface area contributed by atoms with Gasteiger partial charge in [-0.05, 0) is 66.6 Å². The molecule has 0 saturated heterocycles. The molecule has 0 spiro atoms. The Balaban J connectivity index is 1.49. The molecule has 40 heavy (non-hydrogen) atoms. The predicted molar refractivity (Wildman–Crippen MR) is 153 cm³/mol. The van der Waals surface area contributed by atoms with Crippen LogP contribution in [-0.4, -0.2) is 20.1 Å². The first-order valence-corrected chi connectivity index (χ1v) is 12.9. The molecule has 7 heteroatoms. The van der Waals surface area contributed by atoms with Gasteiger partial charge < -0.3 is 18.6 Å². The van der Waals surface area contributed by atoms with Crippen LogP contribution in [0.1, 0.15) is 38.9 Å². The molecule has 1 aliphatic heterocycles. The van der Waals surface area contributed by atoms with Gasteiger partial charge in [-0.2, -0.15) is 0 Å². The number of methoxy groups -OCH3 is 2. The molecular weight excluding hydrogens is 506 g/mol. The lowest BCUT2D eigenvalue weighted by molar-refractivity contribution is 0.0971. The Bertz CT molecular complexity index is 1780. The largest absolute Gasteiger partial charge is 0.497 e. The van der Waals surface area contributed by atoms with Crippen LogP contribution in [0.25, 0.3) is 11.0 Å². The van der Waals surface area contributed by atoms with Gasteiger partial charge in [0.1, 0.15) is 17.9 Å². The first-order valence-electron chi connectivity index (χ1n) is 12.9. The van der Waals surface area contributed by atoms with Crippen LogP contribution >= 0.6 is 0 Å². The summed E-state index contributed by atoms with van der Waals surface area (Å²) in [6.45, 7) is 2.28. The number of fused-ring (bicyclic) bond motifs is 2. The van der Waals surface area contributed by atoms with E-state index in [1.54, 1.807) is 61.6 Å². The van der Waals surface area contributed by atoms with Crippen molar-refractivity contribution in [2.24, 2.45) is 0 Å². The fourth-order valence-corrected chi connectivity index (χ4v) is 5.12. The predicted octanol–water partition coefficient (Wildman–Crippen LogP) is 6.45. The summed E-state index contributed by atoms with van der Waals surface area (Å²) in [7, 11) is 3.15. The fraction of sp³-hybridized carbons (Fsp3) is 0.152. The first-order chi connectivity index (χ1) is 19.5. The van der Waals surface area contributed by atoms with Gasteiger partial charge in [0.2, 0.25) is 5.76 Å². The van der Waals surface area contributed by atoms with Crippen molar-refractivity contribution in [1.29, 1.82) is 0 Å². The van der Waals surface area contributed by atoms with E-state index in [0.717, 1.165) is 11.1 Å². The summed E-state index contributed by atoms with van der Waals surface area (Å²) in [4.78, 5) is 29.4. The van der Waals surface area contributed by atoms with Crippen LogP contribution < -0.4 is 24.5 Å². The molecule has 7 nitrogen and oxygen atoms in total. The maximum absolute atomic E-state index is 13.9. The molecule has 0 saturated carbocycles. The molecule has 1 aromatic heterocycles. The molecule has 200 valence electrons. The summed E-state index contributed by atoms with van der Waals surface area (Å²) in [5.74, 6) is 1.34. The number of amides is 1. The van der Waals surface area contributed by atoms with E-state index in [2.05, 4.69) is 0 Å². The maximum Gasteiger partial charge on any atom is 0.295 e. The lowest BCUT2D eigenvalue weighted by atomic mass is 9.97. The van der Waals surface area contributed by atoms with Gasteiger partial charge in [0.15, 0.2) is 16.9 Å². The summed E-state index contributed by atoms with van der Waals surface area (Å²) >= 11 is 0. The smallest absolute Gasteiger partial charge is 0.295 e. The highest BCUT2D eigenvalue weighted by atomic mass is 16.5. The number of rotatable bonds is 7. The van der Waals surface area contributed by atoms with Gasteiger partial charge in [-0.3, -0.25) is 14.5 Å². The minimum atomic E-state index is -0.742. The molecular formula is C33H27NO6. The highest BCUT2D eigenvalue weighted by Gasteiger charge is 2.44. The molecule has 6 rings (SSSR count). The van der Waals surface area contributed by atoms with Crippen molar-refractivity contribution >= 4 is 22.6 Å². The Morgan fingerprint density at radius 3 is 2.33 bits per heavy atom. The van der Waals surface area contributed by atoms with Crippen molar-refractivity contribution in [2.75, 3.05) is 19.1 Å². The van der Waals surface area contributed by atoms with Crippen LogP contribution in [0.5, 0.6) is 17.2 Å². The quantitative estimate of drug-likeness (QED) is 0.239. The van der Waals surface area contributed by atoms with Crippen molar-refractivity contribution in [3.05, 3.63) is 129 Å². The molecule has 1 amide bonds. The zero-order valence-electron chi connectivity index (χ0n) is 22.3. The zero-order valence-corrected chi connectivity index (χ0v) is 22.3. The van der Waals surface area contributed by atoms with E-state index in [0.29, 0.717) is 51.6 Å². The third-order valence-corrected chi connectivity index (χ3v) is 7.12. The molecule has 2 heterocycles. The molecule has 4 aromatic carbocycles. The van der Waals surface area contributed by atoms with Crippen LogP contribution in [0.2, 0.25) is 0 Å². The second-order valence-corrected chi connectivity index (χ2v) is 9.63. The van der Waals surface area contributed by atoms with E-state index in [1.165, 1.54) is 0 Å². The number of nitrogens with zero attached hydrogens (tertiary/aromatic N) is 1. The first kappa shape index (κ1) is 25.2. The Hall–Kier alpha value is -5.04. The van der Waals surface area contributed by atoms with Gasteiger partial charge in [0.25, 0.3) is 5.91 Å². The van der Waals surface area contributed by atoms with Gasteiger partial charge in [-0.25, -0.2) is 0 Å². The molecule has 1 aliphatic rings. The molecule has 1 atom stereocenters. The number of aryl methyl sites for hydroxylation is 1. The Morgan fingerprint density at radius 2 is 1.60 bits per heavy atom. The SMILES string of the molecule is COc1ccc(N2C(=O)c3oc4ccc(C)cc4c(=O)c3C2c2ccc(OCc3ccccc3)c(OC)c2)cc1. The highest BCUT2D eigenvalue weighted by molar-refractivity contribution is 6.10. The lowest BCUT2D eigenvalue weighted by Gasteiger charge is -2.26. The average Bonchev–Trinajstić information content (AvgIpc) is 3.29. The normalized spacial score (nSPS) is 14.3. The van der Waals surface area contributed by atoms with Crippen molar-refractivity contribution in [3.63, 3.8) is 0 Å². The van der Waals surface area contributed by atoms with E-state index in [9.17, 15) is 9.59 Å². The zero-order chi connectivity index (χ0) is 27.8. The molecule has 0 aliphatic carbocycles. The number of hydrogen-bond donors (Lipinski definition) is 0. The van der Waals surface area contributed by atoms with Crippen molar-refractivity contribution in [1.82, 2.24) is 0 Å². The van der Waals surface area contributed by atoms with E-state index in [4.69, 9.17) is 18.6 Å². The fourth-order valence-electron chi connectivity index (χ4n) is 5.12. The number of carbonyl (C=O) groups excluding carboxylic acids is 1. The Labute approximate surface area is 231 Å². The van der Waals surface area contributed by atoms with Crippen LogP contribution in [0.3, 0.4) is 0 Å². The van der Waals surface area contributed by atoms with Crippen molar-refractivity contribution < 1.29 is 23.4 Å². The summed E-state index contributed by atoms with van der Waals surface area (Å²) in [5.41, 5.74) is 3.66. The van der Waals surface area contributed by atoms with E-state index < -0.39 is 11.9 Å². The standard InChI is InChI=1S/C33H27NO6/c1-20-9-15-26-25(17-20)31(35)29-30(34(33(36)32(29)40-26)23-11-13-24(37-2)14-12-23)22-10-16-27(28(18-22)38-3)39-19-21-7-5-4-6-8-21/h4-18,30H,19H2,1-3H3. The van der Waals surface area contributed by atoms with Gasteiger partial charge in [0.05, 0.1) is 31.2 Å². The number of anilines is 1. The second-order valence-electron chi connectivity index (χ2n) is 9.63. The van der Waals surface area contributed by atoms with Crippen LogP contribution in [0.15, 0.2) is 100 Å². The third kappa shape index (κ3) is 4.35.